The third-order valence-corrected chi connectivity index (χ3v) is 11.5. The smallest absolute Gasteiger partial charge is 0.301 e. The van der Waals surface area contributed by atoms with Crippen LogP contribution in [-0.2, 0) is 30.9 Å². The first kappa shape index (κ1) is 33.8. The summed E-state index contributed by atoms with van der Waals surface area (Å²) in [6.07, 6.45) is -0.309. The standard InChI is InChI=1S/C33H42ClN5O6SSi/c1-6-35-46(2,41)38-24-13-11-22(12-14-24)21-7-9-23(10-8-21)29-25(34)17-26-32(37-29)39(20-42-15-16-47(3,4)5)33(36-26)45-28-19-44-30-27(40)18-43-31(28)30/h7-14,17,27-28,30-31,40H,6,15-16,18-20H2,1-5H3,(H,35,38,41)/t27-,28-,30-,31-,46?/m1/s1. The molecule has 14 heteroatoms. The molecule has 252 valence electrons. The molecule has 2 aliphatic heterocycles. The molecule has 47 heavy (non-hydrogen) atoms. The number of aliphatic hydroxyl groups is 1. The number of imidazole rings is 1. The number of aliphatic hydroxyl groups excluding tert-OH is 1. The molecule has 2 fully saturated rings. The van der Waals surface area contributed by atoms with E-state index in [0.29, 0.717) is 41.0 Å². The number of benzene rings is 2. The van der Waals surface area contributed by atoms with Crippen molar-refractivity contribution in [2.75, 3.05) is 37.3 Å². The molecule has 0 bridgehead atoms. The molecule has 0 spiro atoms. The summed E-state index contributed by atoms with van der Waals surface area (Å²) in [6, 6.07) is 18.9. The topological polar surface area (TPSA) is 129 Å². The summed E-state index contributed by atoms with van der Waals surface area (Å²) < 4.78 is 45.5. The molecule has 0 saturated carbocycles. The van der Waals surface area contributed by atoms with Crippen LogP contribution in [0.3, 0.4) is 0 Å². The Morgan fingerprint density at radius 1 is 1.04 bits per heavy atom. The van der Waals surface area contributed by atoms with Crippen LogP contribution in [-0.4, -0.2) is 89.0 Å². The Kier molecular flexibility index (Phi) is 9.96. The second kappa shape index (κ2) is 13.8. The number of hydrogen-bond donors (Lipinski definition) is 2. The number of halogens is 1. The number of pyridine rings is 1. The summed E-state index contributed by atoms with van der Waals surface area (Å²) in [6.45, 7) is 10.6. The third kappa shape index (κ3) is 7.83. The minimum absolute atomic E-state index is 0.207. The lowest BCUT2D eigenvalue weighted by Gasteiger charge is -2.19. The Labute approximate surface area is 281 Å². The highest BCUT2D eigenvalue weighted by Crippen LogP contribution is 2.35. The monoisotopic (exact) mass is 699 g/mol. The van der Waals surface area contributed by atoms with Crippen LogP contribution in [0.15, 0.2) is 59.0 Å². The van der Waals surface area contributed by atoms with Gasteiger partial charge in [-0.05, 0) is 42.3 Å². The van der Waals surface area contributed by atoms with Crippen LogP contribution in [0.25, 0.3) is 33.5 Å². The van der Waals surface area contributed by atoms with Gasteiger partial charge in [0.2, 0.25) is 0 Å². The zero-order chi connectivity index (χ0) is 33.3. The van der Waals surface area contributed by atoms with Crippen LogP contribution in [0.5, 0.6) is 6.01 Å². The predicted molar refractivity (Wildman–Crippen MR) is 188 cm³/mol. The summed E-state index contributed by atoms with van der Waals surface area (Å²) in [7, 11) is -3.77. The minimum Gasteiger partial charge on any atom is -0.456 e. The zero-order valence-corrected chi connectivity index (χ0v) is 29.9. The molecule has 4 heterocycles. The van der Waals surface area contributed by atoms with Gasteiger partial charge < -0.3 is 24.1 Å². The Bertz CT molecular complexity index is 1840. The van der Waals surface area contributed by atoms with Gasteiger partial charge in [0.05, 0.1) is 23.9 Å². The predicted octanol–water partition coefficient (Wildman–Crippen LogP) is 6.08. The molecule has 0 amide bonds. The number of anilines is 1. The van der Waals surface area contributed by atoms with Gasteiger partial charge in [-0.15, -0.1) is 0 Å². The summed E-state index contributed by atoms with van der Waals surface area (Å²) in [5.74, 6) is 0. The molecule has 0 radical (unpaired) electrons. The van der Waals surface area contributed by atoms with Crippen molar-refractivity contribution in [2.24, 2.45) is 4.36 Å². The molecule has 11 nitrogen and oxygen atoms in total. The fourth-order valence-electron chi connectivity index (χ4n) is 5.68. The highest BCUT2D eigenvalue weighted by molar-refractivity contribution is 7.94. The van der Waals surface area contributed by atoms with Crippen molar-refractivity contribution >= 4 is 46.4 Å². The van der Waals surface area contributed by atoms with Crippen molar-refractivity contribution in [3.63, 3.8) is 0 Å². The van der Waals surface area contributed by atoms with Crippen molar-refractivity contribution in [3.05, 3.63) is 59.6 Å². The van der Waals surface area contributed by atoms with Crippen LogP contribution in [0.1, 0.15) is 6.92 Å². The van der Waals surface area contributed by atoms with Crippen molar-refractivity contribution < 1.29 is 28.3 Å². The van der Waals surface area contributed by atoms with Crippen LogP contribution < -0.4 is 9.46 Å². The largest absolute Gasteiger partial charge is 0.456 e. The van der Waals surface area contributed by atoms with Crippen molar-refractivity contribution in [3.8, 4) is 28.4 Å². The fraction of sp³-hybridized carbons (Fsp3) is 0.455. The molecule has 4 aromatic rings. The summed E-state index contributed by atoms with van der Waals surface area (Å²) in [5, 5.41) is 10.7. The van der Waals surface area contributed by atoms with E-state index >= 15 is 0 Å². The van der Waals surface area contributed by atoms with Gasteiger partial charge in [0.25, 0.3) is 0 Å². The first-order valence-corrected chi connectivity index (χ1v) is 21.8. The average molecular weight is 700 g/mol. The number of aromatic nitrogens is 3. The van der Waals surface area contributed by atoms with E-state index in [1.54, 1.807) is 12.3 Å². The van der Waals surface area contributed by atoms with Crippen LogP contribution in [0.4, 0.5) is 5.69 Å². The van der Waals surface area contributed by atoms with Gasteiger partial charge in [0.1, 0.15) is 40.5 Å². The maximum absolute atomic E-state index is 12.5. The second-order valence-electron chi connectivity index (χ2n) is 13.2. The van der Waals surface area contributed by atoms with Gasteiger partial charge in [0.15, 0.2) is 11.8 Å². The van der Waals surface area contributed by atoms with E-state index in [2.05, 4.69) is 28.7 Å². The van der Waals surface area contributed by atoms with E-state index in [1.807, 2.05) is 60.0 Å². The number of fused-ring (bicyclic) bond motifs is 2. The number of ether oxygens (including phenoxy) is 4. The molecule has 2 aromatic carbocycles. The van der Waals surface area contributed by atoms with Crippen LogP contribution >= 0.6 is 11.6 Å². The minimum atomic E-state index is -2.48. The molecule has 5 atom stereocenters. The Balaban J connectivity index is 1.26. The quantitative estimate of drug-likeness (QED) is 0.135. The molecule has 1 unspecified atom stereocenters. The molecule has 2 aliphatic rings. The molecule has 0 aliphatic carbocycles. The first-order valence-electron chi connectivity index (χ1n) is 15.8. The van der Waals surface area contributed by atoms with Gasteiger partial charge >= 0.3 is 6.01 Å². The number of nitrogens with one attached hydrogen (secondary N) is 1. The first-order chi connectivity index (χ1) is 22.4. The Hall–Kier alpha value is -3.04. The maximum Gasteiger partial charge on any atom is 0.301 e. The normalized spacial score (nSPS) is 22.3. The molecule has 2 saturated heterocycles. The van der Waals surface area contributed by atoms with Crippen LogP contribution in [0.2, 0.25) is 30.7 Å². The molecular formula is C33H42ClN5O6SSi. The maximum atomic E-state index is 12.5. The Morgan fingerprint density at radius 2 is 1.70 bits per heavy atom. The lowest BCUT2D eigenvalue weighted by atomic mass is 10.0. The lowest BCUT2D eigenvalue weighted by Crippen LogP contribution is -2.35. The third-order valence-electron chi connectivity index (χ3n) is 8.15. The van der Waals surface area contributed by atoms with Gasteiger partial charge in [0, 0.05) is 38.7 Å². The summed E-state index contributed by atoms with van der Waals surface area (Å²) in [4.78, 5) is 9.73. The molecule has 6 rings (SSSR count). The van der Waals surface area contributed by atoms with E-state index < -0.39 is 36.3 Å². The number of hydrogen-bond acceptors (Lipinski definition) is 9. The van der Waals surface area contributed by atoms with Gasteiger partial charge in [-0.1, -0.05) is 67.6 Å². The SMILES string of the molecule is CCN=S(C)(=O)Nc1ccc(-c2ccc(-c3nc4c(cc3Cl)nc(O[C@@H]3CO[C@H]5[C@@H]3OC[C@H]5O)n4COCC[Si](C)(C)C)cc2)cc1. The highest BCUT2D eigenvalue weighted by atomic mass is 35.5. The van der Waals surface area contributed by atoms with E-state index in [9.17, 15) is 9.32 Å². The second-order valence-corrected chi connectivity index (χ2v) is 21.3. The fourth-order valence-corrected chi connectivity index (χ4v) is 7.82. The summed E-state index contributed by atoms with van der Waals surface area (Å²) in [5.41, 5.74) is 5.41. The van der Waals surface area contributed by atoms with E-state index in [-0.39, 0.29) is 26.0 Å². The molecule has 2 aromatic heterocycles. The average Bonchev–Trinajstić information content (AvgIpc) is 3.69. The van der Waals surface area contributed by atoms with Crippen LogP contribution in [0, 0.1) is 0 Å². The van der Waals surface area contributed by atoms with E-state index in [1.165, 1.54) is 0 Å². The van der Waals surface area contributed by atoms with Gasteiger partial charge in [-0.25, -0.2) is 13.6 Å². The van der Waals surface area contributed by atoms with E-state index in [0.717, 1.165) is 28.4 Å². The van der Waals surface area contributed by atoms with Crippen molar-refractivity contribution in [1.82, 2.24) is 14.5 Å². The lowest BCUT2D eigenvalue weighted by molar-refractivity contribution is 0.00336. The molecule has 2 N–H and O–H groups in total. The molecular weight excluding hydrogens is 658 g/mol. The van der Waals surface area contributed by atoms with Crippen molar-refractivity contribution in [1.29, 1.82) is 0 Å². The summed E-state index contributed by atoms with van der Waals surface area (Å²) >= 11 is 6.80. The zero-order valence-electron chi connectivity index (χ0n) is 27.3. The Morgan fingerprint density at radius 3 is 2.38 bits per heavy atom. The van der Waals surface area contributed by atoms with Gasteiger partial charge in [-0.3, -0.25) is 9.29 Å². The number of nitrogens with zero attached hydrogens (tertiary/aromatic N) is 4. The number of rotatable bonds is 12. The van der Waals surface area contributed by atoms with Gasteiger partial charge in [-0.2, -0.15) is 4.98 Å². The van der Waals surface area contributed by atoms with E-state index in [4.69, 9.17) is 40.5 Å². The highest BCUT2D eigenvalue weighted by Gasteiger charge is 2.49. The van der Waals surface area contributed by atoms with Crippen molar-refractivity contribution in [2.45, 2.75) is 63.8 Å².